The van der Waals surface area contributed by atoms with Crippen molar-refractivity contribution in [2.75, 3.05) is 25.6 Å². The Morgan fingerprint density at radius 3 is 2.50 bits per heavy atom. The van der Waals surface area contributed by atoms with Gasteiger partial charge in [-0.05, 0) is 26.0 Å². The van der Waals surface area contributed by atoms with Crippen molar-refractivity contribution in [2.24, 2.45) is 0 Å². The van der Waals surface area contributed by atoms with Crippen LogP contribution in [-0.2, 0) is 14.3 Å². The van der Waals surface area contributed by atoms with Crippen molar-refractivity contribution in [3.05, 3.63) is 23.2 Å². The van der Waals surface area contributed by atoms with Crippen LogP contribution >= 0.6 is 11.6 Å². The van der Waals surface area contributed by atoms with Crippen LogP contribution < -0.4 is 10.1 Å². The second kappa shape index (κ2) is 8.79. The number of amides is 1. The molecule has 6 heteroatoms. The topological polar surface area (TPSA) is 56.8 Å². The molecule has 1 aromatic rings. The maximum atomic E-state index is 12.0. The zero-order chi connectivity index (χ0) is 15.0. The van der Waals surface area contributed by atoms with Gasteiger partial charge in [0.15, 0.2) is 6.29 Å². The first-order valence-electron chi connectivity index (χ1n) is 6.47. The lowest BCUT2D eigenvalue weighted by atomic mass is 10.3. The fourth-order valence-corrected chi connectivity index (χ4v) is 1.78. The summed E-state index contributed by atoms with van der Waals surface area (Å²) in [5.41, 5.74) is 0.503. The van der Waals surface area contributed by atoms with E-state index in [4.69, 9.17) is 25.8 Å². The smallest absolute Gasteiger partial charge is 0.229 e. The van der Waals surface area contributed by atoms with E-state index in [0.717, 1.165) is 0 Å². The third-order valence-corrected chi connectivity index (χ3v) is 2.83. The van der Waals surface area contributed by atoms with Gasteiger partial charge in [-0.15, -0.1) is 0 Å². The van der Waals surface area contributed by atoms with Gasteiger partial charge in [-0.25, -0.2) is 0 Å². The summed E-state index contributed by atoms with van der Waals surface area (Å²) >= 11 is 6.02. The molecule has 0 saturated heterocycles. The lowest BCUT2D eigenvalue weighted by molar-refractivity contribution is -0.150. The molecule has 0 heterocycles. The highest BCUT2D eigenvalue weighted by atomic mass is 35.5. The maximum Gasteiger partial charge on any atom is 0.229 e. The van der Waals surface area contributed by atoms with Crippen molar-refractivity contribution < 1.29 is 19.0 Å². The number of carbonyl (C=O) groups is 1. The molecule has 0 saturated carbocycles. The molecular formula is C14H20ClNO4. The standard InChI is InChI=1S/C14H20ClNO4/c1-4-19-14(20-5-2)9-13(17)16-12-8-10(18-3)6-7-11(12)15/h6-8,14H,4-5,9H2,1-3H3,(H,16,17). The highest BCUT2D eigenvalue weighted by molar-refractivity contribution is 6.33. The van der Waals surface area contributed by atoms with Gasteiger partial charge < -0.3 is 19.5 Å². The monoisotopic (exact) mass is 301 g/mol. The predicted molar refractivity (Wildman–Crippen MR) is 78.3 cm³/mol. The number of hydrogen-bond acceptors (Lipinski definition) is 4. The SMILES string of the molecule is CCOC(CC(=O)Nc1cc(OC)ccc1Cl)OCC. The number of anilines is 1. The van der Waals surface area contributed by atoms with Crippen LogP contribution in [0.25, 0.3) is 0 Å². The third kappa shape index (κ3) is 5.36. The van der Waals surface area contributed by atoms with Gasteiger partial charge in [-0.1, -0.05) is 11.6 Å². The summed E-state index contributed by atoms with van der Waals surface area (Å²) in [7, 11) is 1.55. The Morgan fingerprint density at radius 1 is 1.30 bits per heavy atom. The van der Waals surface area contributed by atoms with Crippen LogP contribution in [0.5, 0.6) is 5.75 Å². The minimum absolute atomic E-state index is 0.106. The lowest BCUT2D eigenvalue weighted by Gasteiger charge is -2.17. The minimum atomic E-state index is -0.547. The van der Waals surface area contributed by atoms with Crippen LogP contribution in [0.2, 0.25) is 5.02 Å². The molecule has 0 unspecified atom stereocenters. The zero-order valence-corrected chi connectivity index (χ0v) is 12.7. The van der Waals surface area contributed by atoms with E-state index in [2.05, 4.69) is 5.32 Å². The molecule has 0 atom stereocenters. The molecule has 5 nitrogen and oxygen atoms in total. The molecular weight excluding hydrogens is 282 g/mol. The van der Waals surface area contributed by atoms with Crippen LogP contribution in [0, 0.1) is 0 Å². The average molecular weight is 302 g/mol. The van der Waals surface area contributed by atoms with Crippen molar-refractivity contribution in [3.8, 4) is 5.75 Å². The van der Waals surface area contributed by atoms with E-state index in [1.807, 2.05) is 13.8 Å². The number of halogens is 1. The summed E-state index contributed by atoms with van der Waals surface area (Å²) in [4.78, 5) is 12.0. The normalized spacial score (nSPS) is 10.7. The fraction of sp³-hybridized carbons (Fsp3) is 0.500. The quantitative estimate of drug-likeness (QED) is 0.750. The summed E-state index contributed by atoms with van der Waals surface area (Å²) in [6.45, 7) is 4.67. The summed E-state index contributed by atoms with van der Waals surface area (Å²) in [6, 6.07) is 5.05. The van der Waals surface area contributed by atoms with Crippen LogP contribution in [0.3, 0.4) is 0 Å². The molecule has 0 spiro atoms. The van der Waals surface area contributed by atoms with Crippen molar-refractivity contribution in [2.45, 2.75) is 26.6 Å². The number of rotatable bonds is 8. The van der Waals surface area contributed by atoms with Crippen LogP contribution in [0.4, 0.5) is 5.69 Å². The van der Waals surface area contributed by atoms with Crippen LogP contribution in [0.1, 0.15) is 20.3 Å². The number of hydrogen-bond donors (Lipinski definition) is 1. The first-order chi connectivity index (χ1) is 9.60. The van der Waals surface area contributed by atoms with Gasteiger partial charge in [0, 0.05) is 19.3 Å². The molecule has 0 fully saturated rings. The van der Waals surface area contributed by atoms with Gasteiger partial charge in [-0.3, -0.25) is 4.79 Å². The average Bonchev–Trinajstić information content (AvgIpc) is 2.42. The van der Waals surface area contributed by atoms with Gasteiger partial charge in [0.25, 0.3) is 0 Å². The third-order valence-electron chi connectivity index (χ3n) is 2.50. The van der Waals surface area contributed by atoms with Crippen molar-refractivity contribution >= 4 is 23.2 Å². The molecule has 0 aromatic heterocycles. The van der Waals surface area contributed by atoms with Crippen LogP contribution in [0.15, 0.2) is 18.2 Å². The molecule has 0 bridgehead atoms. The summed E-state index contributed by atoms with van der Waals surface area (Å²) in [5, 5.41) is 3.17. The van der Waals surface area contributed by atoms with Gasteiger partial charge >= 0.3 is 0 Å². The molecule has 0 aliphatic heterocycles. The number of methoxy groups -OCH3 is 1. The Hall–Kier alpha value is -1.30. The van der Waals surface area contributed by atoms with E-state index in [1.54, 1.807) is 25.3 Å². The van der Waals surface area contributed by atoms with Gasteiger partial charge in [0.2, 0.25) is 5.91 Å². The second-order valence-electron chi connectivity index (χ2n) is 3.94. The first-order valence-corrected chi connectivity index (χ1v) is 6.85. The van der Waals surface area contributed by atoms with Gasteiger partial charge in [-0.2, -0.15) is 0 Å². The minimum Gasteiger partial charge on any atom is -0.497 e. The van der Waals surface area contributed by atoms with Crippen LogP contribution in [-0.4, -0.2) is 32.5 Å². The van der Waals surface area contributed by atoms with Gasteiger partial charge in [0.05, 0.1) is 24.2 Å². The number of carbonyl (C=O) groups excluding carboxylic acids is 1. The van der Waals surface area contributed by atoms with E-state index >= 15 is 0 Å². The summed E-state index contributed by atoms with van der Waals surface area (Å²) in [5.74, 6) is 0.392. The summed E-state index contributed by atoms with van der Waals surface area (Å²) in [6.07, 6.45) is -0.440. The van der Waals surface area contributed by atoms with Crippen molar-refractivity contribution in [1.82, 2.24) is 0 Å². The number of nitrogens with one attached hydrogen (secondary N) is 1. The molecule has 1 amide bonds. The van der Waals surface area contributed by atoms with E-state index in [1.165, 1.54) is 0 Å². The number of ether oxygens (including phenoxy) is 3. The second-order valence-corrected chi connectivity index (χ2v) is 4.35. The summed E-state index contributed by atoms with van der Waals surface area (Å²) < 4.78 is 15.7. The molecule has 0 radical (unpaired) electrons. The molecule has 20 heavy (non-hydrogen) atoms. The van der Waals surface area contributed by atoms with Crippen molar-refractivity contribution in [3.63, 3.8) is 0 Å². The largest absolute Gasteiger partial charge is 0.497 e. The Kier molecular flexibility index (Phi) is 7.36. The Morgan fingerprint density at radius 2 is 1.95 bits per heavy atom. The van der Waals surface area contributed by atoms with E-state index < -0.39 is 6.29 Å². The molecule has 0 aliphatic rings. The molecule has 112 valence electrons. The predicted octanol–water partition coefficient (Wildman–Crippen LogP) is 3.08. The highest BCUT2D eigenvalue weighted by Gasteiger charge is 2.15. The molecule has 1 rings (SSSR count). The van der Waals surface area contributed by atoms with E-state index in [0.29, 0.717) is 29.7 Å². The lowest BCUT2D eigenvalue weighted by Crippen LogP contribution is -2.25. The van der Waals surface area contributed by atoms with E-state index in [9.17, 15) is 4.79 Å². The highest BCUT2D eigenvalue weighted by Crippen LogP contribution is 2.26. The van der Waals surface area contributed by atoms with Gasteiger partial charge in [0.1, 0.15) is 5.75 Å². The van der Waals surface area contributed by atoms with E-state index in [-0.39, 0.29) is 12.3 Å². The van der Waals surface area contributed by atoms with Crippen molar-refractivity contribution in [1.29, 1.82) is 0 Å². The Balaban J connectivity index is 2.65. The Bertz CT molecular complexity index is 433. The molecule has 1 N–H and O–H groups in total. The molecule has 0 aliphatic carbocycles. The number of benzene rings is 1. The first kappa shape index (κ1) is 16.8. The zero-order valence-electron chi connectivity index (χ0n) is 11.9. The fourth-order valence-electron chi connectivity index (χ4n) is 1.62. The Labute approximate surface area is 124 Å². The molecule has 1 aromatic carbocycles. The maximum absolute atomic E-state index is 12.0.